The number of anilines is 1. The number of halogens is 1. The highest BCUT2D eigenvalue weighted by Gasteiger charge is 2.33. The molecule has 2 rings (SSSR count). The summed E-state index contributed by atoms with van der Waals surface area (Å²) >= 11 is 0. The van der Waals surface area contributed by atoms with Crippen molar-refractivity contribution in [2.24, 2.45) is 0 Å². The molecule has 1 aliphatic heterocycles. The number of nitrogens with zero attached hydrogens (tertiary/aromatic N) is 2. The van der Waals surface area contributed by atoms with Crippen molar-refractivity contribution in [1.29, 1.82) is 0 Å². The fourth-order valence-corrected chi connectivity index (χ4v) is 2.08. The largest absolute Gasteiger partial charge is 0.443 e. The SMILES string of the molecule is CC(C)(C)OC(=O)N1CCc2c1ccc([N+](=O)[O-])c2F. The van der Waals surface area contributed by atoms with Gasteiger partial charge < -0.3 is 4.74 Å². The third-order valence-corrected chi connectivity index (χ3v) is 2.88. The number of hydrogen-bond acceptors (Lipinski definition) is 4. The van der Waals surface area contributed by atoms with Crippen molar-refractivity contribution in [3.63, 3.8) is 0 Å². The van der Waals surface area contributed by atoms with E-state index in [0.717, 1.165) is 6.07 Å². The van der Waals surface area contributed by atoms with E-state index in [2.05, 4.69) is 0 Å². The Bertz CT molecular complexity index is 580. The molecule has 1 aromatic carbocycles. The van der Waals surface area contributed by atoms with Gasteiger partial charge in [0.05, 0.1) is 10.6 Å². The molecular weight excluding hydrogens is 267 g/mol. The average molecular weight is 282 g/mol. The molecule has 1 aromatic rings. The molecule has 0 fully saturated rings. The predicted octanol–water partition coefficient (Wildman–Crippen LogP) is 3.03. The maximum absolute atomic E-state index is 14.0. The molecule has 6 nitrogen and oxygen atoms in total. The number of benzene rings is 1. The van der Waals surface area contributed by atoms with Crippen LogP contribution < -0.4 is 4.90 Å². The minimum Gasteiger partial charge on any atom is -0.443 e. The van der Waals surface area contributed by atoms with Gasteiger partial charge in [0.2, 0.25) is 5.82 Å². The fourth-order valence-electron chi connectivity index (χ4n) is 2.08. The maximum atomic E-state index is 14.0. The molecule has 108 valence electrons. The third-order valence-electron chi connectivity index (χ3n) is 2.88. The summed E-state index contributed by atoms with van der Waals surface area (Å²) < 4.78 is 19.2. The van der Waals surface area contributed by atoms with Gasteiger partial charge >= 0.3 is 11.8 Å². The summed E-state index contributed by atoms with van der Waals surface area (Å²) in [6.45, 7) is 5.46. The van der Waals surface area contributed by atoms with Crippen LogP contribution in [0.25, 0.3) is 0 Å². The molecule has 1 amide bonds. The van der Waals surface area contributed by atoms with Crippen LogP contribution in [-0.2, 0) is 11.2 Å². The minimum atomic E-state index is -0.876. The van der Waals surface area contributed by atoms with E-state index in [0.29, 0.717) is 5.69 Å². The highest BCUT2D eigenvalue weighted by Crippen LogP contribution is 2.35. The van der Waals surface area contributed by atoms with Gasteiger partial charge in [-0.2, -0.15) is 4.39 Å². The molecule has 0 bridgehead atoms. The quantitative estimate of drug-likeness (QED) is 0.586. The topological polar surface area (TPSA) is 72.7 Å². The number of ether oxygens (including phenoxy) is 1. The second kappa shape index (κ2) is 4.73. The van der Waals surface area contributed by atoms with Crippen LogP contribution in [0.1, 0.15) is 26.3 Å². The summed E-state index contributed by atoms with van der Waals surface area (Å²) in [4.78, 5) is 23.2. The van der Waals surface area contributed by atoms with Gasteiger partial charge in [-0.1, -0.05) is 0 Å². The predicted molar refractivity (Wildman–Crippen MR) is 70.3 cm³/mol. The Labute approximate surface area is 115 Å². The van der Waals surface area contributed by atoms with E-state index in [1.165, 1.54) is 11.0 Å². The van der Waals surface area contributed by atoms with Crippen LogP contribution in [0.2, 0.25) is 0 Å². The summed E-state index contributed by atoms with van der Waals surface area (Å²) in [7, 11) is 0. The van der Waals surface area contributed by atoms with Crippen LogP contribution in [0, 0.1) is 15.9 Å². The summed E-state index contributed by atoms with van der Waals surface area (Å²) in [6, 6.07) is 2.45. The zero-order valence-corrected chi connectivity index (χ0v) is 11.5. The lowest BCUT2D eigenvalue weighted by atomic mass is 10.1. The van der Waals surface area contributed by atoms with Crippen molar-refractivity contribution >= 4 is 17.5 Å². The number of nitro benzene ring substituents is 1. The van der Waals surface area contributed by atoms with E-state index in [-0.39, 0.29) is 18.5 Å². The summed E-state index contributed by atoms with van der Waals surface area (Å²) in [5.74, 6) is -0.876. The van der Waals surface area contributed by atoms with Crippen molar-refractivity contribution in [3.05, 3.63) is 33.6 Å². The molecule has 0 atom stereocenters. The molecule has 7 heteroatoms. The summed E-state index contributed by atoms with van der Waals surface area (Å²) in [5, 5.41) is 10.7. The van der Waals surface area contributed by atoms with Crippen molar-refractivity contribution < 1.29 is 18.8 Å². The molecule has 0 saturated carbocycles. The lowest BCUT2D eigenvalue weighted by Gasteiger charge is -2.24. The molecule has 1 heterocycles. The molecule has 0 saturated heterocycles. The van der Waals surface area contributed by atoms with Crippen molar-refractivity contribution in [2.45, 2.75) is 32.8 Å². The molecule has 20 heavy (non-hydrogen) atoms. The highest BCUT2D eigenvalue weighted by atomic mass is 19.1. The van der Waals surface area contributed by atoms with E-state index in [9.17, 15) is 19.3 Å². The Morgan fingerprint density at radius 3 is 2.65 bits per heavy atom. The Kier molecular flexibility index (Phi) is 3.37. The van der Waals surface area contributed by atoms with Gasteiger partial charge in [-0.15, -0.1) is 0 Å². The molecule has 0 N–H and O–H groups in total. The standard InChI is InChI=1S/C13H15FN2O4/c1-13(2,3)20-12(17)15-7-6-8-9(15)4-5-10(11(8)14)16(18)19/h4-5H,6-7H2,1-3H3. The highest BCUT2D eigenvalue weighted by molar-refractivity contribution is 5.91. The van der Waals surface area contributed by atoms with Gasteiger partial charge in [0.25, 0.3) is 0 Å². The smallest absolute Gasteiger partial charge is 0.414 e. The maximum Gasteiger partial charge on any atom is 0.414 e. The van der Waals surface area contributed by atoms with Gasteiger partial charge in [0.1, 0.15) is 5.60 Å². The first-order valence-electron chi connectivity index (χ1n) is 6.17. The van der Waals surface area contributed by atoms with E-state index in [1.54, 1.807) is 20.8 Å². The summed E-state index contributed by atoms with van der Waals surface area (Å²) in [6.07, 6.45) is -0.341. The van der Waals surface area contributed by atoms with Crippen LogP contribution >= 0.6 is 0 Å². The van der Waals surface area contributed by atoms with E-state index in [1.807, 2.05) is 0 Å². The van der Waals surface area contributed by atoms with Crippen LogP contribution in [0.15, 0.2) is 12.1 Å². The molecule has 0 radical (unpaired) electrons. The van der Waals surface area contributed by atoms with Gasteiger partial charge in [-0.05, 0) is 33.3 Å². The van der Waals surface area contributed by atoms with E-state index in [4.69, 9.17) is 4.74 Å². The Balaban J connectivity index is 2.33. The lowest BCUT2D eigenvalue weighted by molar-refractivity contribution is -0.387. The van der Waals surface area contributed by atoms with Gasteiger partial charge in [-0.3, -0.25) is 15.0 Å². The zero-order chi connectivity index (χ0) is 15.1. The molecule has 0 aromatic heterocycles. The van der Waals surface area contributed by atoms with Crippen LogP contribution in [0.5, 0.6) is 0 Å². The van der Waals surface area contributed by atoms with Crippen LogP contribution in [0.3, 0.4) is 0 Å². The number of fused-ring (bicyclic) bond motifs is 1. The van der Waals surface area contributed by atoms with Crippen molar-refractivity contribution in [3.8, 4) is 0 Å². The second-order valence-corrected chi connectivity index (χ2v) is 5.54. The number of carbonyl (C=O) groups excluding carboxylic acids is 1. The van der Waals surface area contributed by atoms with Crippen LogP contribution in [-0.4, -0.2) is 23.2 Å². The van der Waals surface area contributed by atoms with Crippen molar-refractivity contribution in [2.75, 3.05) is 11.4 Å². The number of nitro groups is 1. The first-order chi connectivity index (χ1) is 9.20. The molecule has 0 unspecified atom stereocenters. The molecule has 1 aliphatic rings. The molecular formula is C13H15FN2O4. The Morgan fingerprint density at radius 1 is 1.45 bits per heavy atom. The number of carbonyl (C=O) groups is 1. The number of hydrogen-bond donors (Lipinski definition) is 0. The monoisotopic (exact) mass is 282 g/mol. The first-order valence-corrected chi connectivity index (χ1v) is 6.17. The summed E-state index contributed by atoms with van der Waals surface area (Å²) in [5.41, 5.74) is -0.707. The average Bonchev–Trinajstić information content (AvgIpc) is 2.71. The Hall–Kier alpha value is -2.18. The van der Waals surface area contributed by atoms with E-state index >= 15 is 0 Å². The fraction of sp³-hybridized carbons (Fsp3) is 0.462. The number of amides is 1. The van der Waals surface area contributed by atoms with Gasteiger partial charge in [-0.25, -0.2) is 4.79 Å². The van der Waals surface area contributed by atoms with Crippen molar-refractivity contribution in [1.82, 2.24) is 0 Å². The first kappa shape index (κ1) is 14.2. The lowest BCUT2D eigenvalue weighted by Crippen LogP contribution is -2.35. The Morgan fingerprint density at radius 2 is 2.10 bits per heavy atom. The third kappa shape index (κ3) is 2.56. The normalized spacial score (nSPS) is 14.1. The molecule has 0 spiro atoms. The van der Waals surface area contributed by atoms with Gasteiger partial charge in [0.15, 0.2) is 0 Å². The van der Waals surface area contributed by atoms with Crippen LogP contribution in [0.4, 0.5) is 20.6 Å². The number of rotatable bonds is 1. The zero-order valence-electron chi connectivity index (χ0n) is 11.5. The second-order valence-electron chi connectivity index (χ2n) is 5.54. The van der Waals surface area contributed by atoms with Gasteiger partial charge in [0, 0.05) is 18.2 Å². The molecule has 0 aliphatic carbocycles. The van der Waals surface area contributed by atoms with E-state index < -0.39 is 28.1 Å². The minimum absolute atomic E-state index is 0.185.